The molecule has 2 aromatic rings. The van der Waals surface area contributed by atoms with Gasteiger partial charge < -0.3 is 4.90 Å². The van der Waals surface area contributed by atoms with E-state index in [2.05, 4.69) is 19.8 Å². The molecule has 0 spiro atoms. The molecule has 120 valence electrons. The standard InChI is InChI=1S/C15H16F2N6/c16-15(17)23-4-3-19-14(23)11-21-5-7-22(8-6-21)13-2-1-12(9-18)10-20-13/h1-4,10,15H,5-8,11H2. The van der Waals surface area contributed by atoms with E-state index >= 15 is 0 Å². The molecule has 0 unspecified atom stereocenters. The lowest BCUT2D eigenvalue weighted by Crippen LogP contribution is -2.46. The number of hydrogen-bond donors (Lipinski definition) is 0. The van der Waals surface area contributed by atoms with E-state index in [9.17, 15) is 8.78 Å². The van der Waals surface area contributed by atoms with Crippen LogP contribution in [0.15, 0.2) is 30.7 Å². The highest BCUT2D eigenvalue weighted by molar-refractivity contribution is 5.42. The van der Waals surface area contributed by atoms with E-state index < -0.39 is 6.55 Å². The second kappa shape index (κ2) is 6.71. The Balaban J connectivity index is 1.58. The second-order valence-corrected chi connectivity index (χ2v) is 5.31. The summed E-state index contributed by atoms with van der Waals surface area (Å²) in [6.07, 6.45) is 4.26. The third kappa shape index (κ3) is 3.46. The van der Waals surface area contributed by atoms with Crippen LogP contribution in [-0.2, 0) is 6.54 Å². The van der Waals surface area contributed by atoms with Gasteiger partial charge in [-0.2, -0.15) is 14.0 Å². The summed E-state index contributed by atoms with van der Waals surface area (Å²) in [6.45, 7) is 0.862. The number of pyridine rings is 1. The first-order chi connectivity index (χ1) is 11.2. The number of anilines is 1. The van der Waals surface area contributed by atoms with Gasteiger partial charge in [0.05, 0.1) is 12.1 Å². The fourth-order valence-electron chi connectivity index (χ4n) is 2.62. The van der Waals surface area contributed by atoms with Crippen LogP contribution in [-0.4, -0.2) is 45.6 Å². The highest BCUT2D eigenvalue weighted by Crippen LogP contribution is 2.17. The van der Waals surface area contributed by atoms with Gasteiger partial charge in [-0.25, -0.2) is 9.97 Å². The van der Waals surface area contributed by atoms with Gasteiger partial charge in [-0.1, -0.05) is 0 Å². The van der Waals surface area contributed by atoms with Gasteiger partial charge in [-0.3, -0.25) is 9.47 Å². The first kappa shape index (κ1) is 15.4. The maximum Gasteiger partial charge on any atom is 0.319 e. The van der Waals surface area contributed by atoms with Crippen molar-refractivity contribution >= 4 is 5.82 Å². The molecule has 0 radical (unpaired) electrons. The first-order valence-corrected chi connectivity index (χ1v) is 7.30. The highest BCUT2D eigenvalue weighted by atomic mass is 19.3. The summed E-state index contributed by atoms with van der Waals surface area (Å²) in [4.78, 5) is 12.5. The van der Waals surface area contributed by atoms with Crippen LogP contribution in [0.3, 0.4) is 0 Å². The largest absolute Gasteiger partial charge is 0.354 e. The van der Waals surface area contributed by atoms with Gasteiger partial charge in [0, 0.05) is 44.8 Å². The molecule has 1 fully saturated rings. The molecule has 1 aliphatic heterocycles. The van der Waals surface area contributed by atoms with E-state index in [4.69, 9.17) is 5.26 Å². The number of nitrogens with zero attached hydrogens (tertiary/aromatic N) is 6. The van der Waals surface area contributed by atoms with Crippen LogP contribution >= 0.6 is 0 Å². The summed E-state index contributed by atoms with van der Waals surface area (Å²) in [5, 5.41) is 8.79. The lowest BCUT2D eigenvalue weighted by atomic mass is 10.2. The van der Waals surface area contributed by atoms with Gasteiger partial charge in [-0.15, -0.1) is 0 Å². The summed E-state index contributed by atoms with van der Waals surface area (Å²) >= 11 is 0. The minimum atomic E-state index is -2.56. The van der Waals surface area contributed by atoms with Crippen LogP contribution in [0.1, 0.15) is 17.9 Å². The van der Waals surface area contributed by atoms with Gasteiger partial charge in [-0.05, 0) is 12.1 Å². The summed E-state index contributed by atoms with van der Waals surface area (Å²) in [5.41, 5.74) is 0.534. The van der Waals surface area contributed by atoms with E-state index in [0.29, 0.717) is 17.9 Å². The molecular formula is C15H16F2N6. The van der Waals surface area contributed by atoms with Crippen molar-refractivity contribution in [2.75, 3.05) is 31.1 Å². The molecule has 0 amide bonds. The molecule has 0 bridgehead atoms. The molecule has 6 nitrogen and oxygen atoms in total. The SMILES string of the molecule is N#Cc1ccc(N2CCN(Cc3nccn3C(F)F)CC2)nc1. The number of alkyl halides is 2. The Morgan fingerprint density at radius 2 is 1.96 bits per heavy atom. The van der Waals surface area contributed by atoms with Gasteiger partial charge >= 0.3 is 6.55 Å². The van der Waals surface area contributed by atoms with Gasteiger partial charge in [0.2, 0.25) is 0 Å². The van der Waals surface area contributed by atoms with Gasteiger partial charge in [0.15, 0.2) is 0 Å². The van der Waals surface area contributed by atoms with E-state index in [0.717, 1.165) is 36.6 Å². The third-order valence-corrected chi connectivity index (χ3v) is 3.90. The molecule has 8 heteroatoms. The molecule has 0 N–H and O–H groups in total. The number of hydrogen-bond acceptors (Lipinski definition) is 5. The maximum atomic E-state index is 12.8. The Kier molecular flexibility index (Phi) is 4.48. The normalized spacial score (nSPS) is 15.8. The second-order valence-electron chi connectivity index (χ2n) is 5.31. The molecule has 0 aromatic carbocycles. The average molecular weight is 318 g/mol. The molecular weight excluding hydrogens is 302 g/mol. The molecule has 0 aliphatic carbocycles. The Bertz CT molecular complexity index is 683. The minimum absolute atomic E-state index is 0.380. The van der Waals surface area contributed by atoms with Gasteiger partial charge in [0.1, 0.15) is 17.7 Å². The maximum absolute atomic E-state index is 12.8. The van der Waals surface area contributed by atoms with Crippen LogP contribution in [0.5, 0.6) is 0 Å². The van der Waals surface area contributed by atoms with Crippen LogP contribution < -0.4 is 4.90 Å². The third-order valence-electron chi connectivity index (χ3n) is 3.90. The summed E-state index contributed by atoms with van der Waals surface area (Å²) in [6, 6.07) is 5.62. The van der Waals surface area contributed by atoms with Crippen LogP contribution in [0.25, 0.3) is 0 Å². The average Bonchev–Trinajstić information content (AvgIpc) is 3.04. The molecule has 1 saturated heterocycles. The molecule has 1 aliphatic rings. The lowest BCUT2D eigenvalue weighted by Gasteiger charge is -2.35. The highest BCUT2D eigenvalue weighted by Gasteiger charge is 2.20. The zero-order valence-corrected chi connectivity index (χ0v) is 12.4. The summed E-state index contributed by atoms with van der Waals surface area (Å²) in [5.74, 6) is 1.21. The van der Waals surface area contributed by atoms with Crippen molar-refractivity contribution < 1.29 is 8.78 Å². The number of piperazine rings is 1. The van der Waals surface area contributed by atoms with Crippen molar-refractivity contribution in [2.24, 2.45) is 0 Å². The number of rotatable bonds is 4. The Hall–Kier alpha value is -2.53. The number of aromatic nitrogens is 3. The monoisotopic (exact) mass is 318 g/mol. The van der Waals surface area contributed by atoms with Crippen molar-refractivity contribution in [2.45, 2.75) is 13.1 Å². The van der Waals surface area contributed by atoms with Crippen LogP contribution in [0, 0.1) is 11.3 Å². The Morgan fingerprint density at radius 1 is 1.17 bits per heavy atom. The van der Waals surface area contributed by atoms with Crippen molar-refractivity contribution in [3.63, 3.8) is 0 Å². The zero-order valence-electron chi connectivity index (χ0n) is 12.4. The van der Waals surface area contributed by atoms with E-state index in [1.165, 1.54) is 12.4 Å². The van der Waals surface area contributed by atoms with E-state index in [1.807, 2.05) is 12.1 Å². The number of halogens is 2. The molecule has 3 heterocycles. The Morgan fingerprint density at radius 3 is 2.57 bits per heavy atom. The molecule has 2 aromatic heterocycles. The van der Waals surface area contributed by atoms with Gasteiger partial charge in [0.25, 0.3) is 0 Å². The first-order valence-electron chi connectivity index (χ1n) is 7.30. The van der Waals surface area contributed by atoms with Crippen molar-refractivity contribution in [3.8, 4) is 6.07 Å². The topological polar surface area (TPSA) is 61.0 Å². The molecule has 0 atom stereocenters. The zero-order chi connectivity index (χ0) is 16.2. The smallest absolute Gasteiger partial charge is 0.319 e. The number of nitriles is 1. The molecule has 23 heavy (non-hydrogen) atoms. The van der Waals surface area contributed by atoms with E-state index in [-0.39, 0.29) is 0 Å². The summed E-state index contributed by atoms with van der Waals surface area (Å²) in [7, 11) is 0. The molecule has 3 rings (SSSR count). The van der Waals surface area contributed by atoms with E-state index in [1.54, 1.807) is 12.3 Å². The van der Waals surface area contributed by atoms with Crippen molar-refractivity contribution in [1.29, 1.82) is 5.26 Å². The van der Waals surface area contributed by atoms with Crippen molar-refractivity contribution in [1.82, 2.24) is 19.4 Å². The predicted octanol–water partition coefficient (Wildman–Crippen LogP) is 1.87. The van der Waals surface area contributed by atoms with Crippen LogP contribution in [0.2, 0.25) is 0 Å². The lowest BCUT2D eigenvalue weighted by molar-refractivity contribution is 0.0637. The fourth-order valence-corrected chi connectivity index (χ4v) is 2.62. The van der Waals surface area contributed by atoms with Crippen LogP contribution in [0.4, 0.5) is 14.6 Å². The number of imidazole rings is 1. The minimum Gasteiger partial charge on any atom is -0.354 e. The quantitative estimate of drug-likeness (QED) is 0.861. The summed E-state index contributed by atoms with van der Waals surface area (Å²) < 4.78 is 26.5. The fraction of sp³-hybridized carbons (Fsp3) is 0.400. The predicted molar refractivity (Wildman–Crippen MR) is 79.9 cm³/mol. The Labute approximate surface area is 132 Å². The molecule has 0 saturated carbocycles. The van der Waals surface area contributed by atoms with Crippen molar-refractivity contribution in [3.05, 3.63) is 42.1 Å².